The molecular formula is C14H14BrN5. The third-order valence-corrected chi connectivity index (χ3v) is 3.06. The molecule has 2 aromatic carbocycles. The lowest BCUT2D eigenvalue weighted by Gasteiger charge is -2.02. The Morgan fingerprint density at radius 1 is 0.800 bits per heavy atom. The van der Waals surface area contributed by atoms with Gasteiger partial charge in [0.25, 0.3) is 0 Å². The first-order chi connectivity index (χ1) is 9.54. The summed E-state index contributed by atoms with van der Waals surface area (Å²) < 4.78 is 1.05. The summed E-state index contributed by atoms with van der Waals surface area (Å²) in [5, 5.41) is 0. The zero-order chi connectivity index (χ0) is 14.5. The topological polar surface area (TPSA) is 103 Å². The predicted octanol–water partition coefficient (Wildman–Crippen LogP) is 2.34. The minimum atomic E-state index is -0.113. The summed E-state index contributed by atoms with van der Waals surface area (Å²) in [5.41, 5.74) is 18.9. The number of hydrogen-bond donors (Lipinski definition) is 3. The van der Waals surface area contributed by atoms with Crippen LogP contribution in [0.15, 0.2) is 63.0 Å². The van der Waals surface area contributed by atoms with Crippen molar-refractivity contribution in [3.63, 3.8) is 0 Å². The number of rotatable bonds is 2. The van der Waals surface area contributed by atoms with E-state index in [1.807, 2.05) is 48.5 Å². The highest BCUT2D eigenvalue weighted by molar-refractivity contribution is 9.10. The van der Waals surface area contributed by atoms with Crippen molar-refractivity contribution < 1.29 is 0 Å². The van der Waals surface area contributed by atoms with Crippen LogP contribution >= 0.6 is 15.9 Å². The zero-order valence-corrected chi connectivity index (χ0v) is 12.2. The van der Waals surface area contributed by atoms with Gasteiger partial charge < -0.3 is 17.2 Å². The number of benzene rings is 2. The standard InChI is InChI=1S/C14H14BrN5/c15-11-5-1-9(2-6-11)10-3-7-12(8-4-10)19-14(18)20-13(16)17/h1-8H,(H6,16,17,18,19,20). The van der Waals surface area contributed by atoms with Crippen molar-refractivity contribution in [3.05, 3.63) is 53.0 Å². The number of nitrogens with two attached hydrogens (primary N) is 3. The molecule has 102 valence electrons. The van der Waals surface area contributed by atoms with Gasteiger partial charge in [-0.25, -0.2) is 4.99 Å². The maximum absolute atomic E-state index is 5.57. The maximum Gasteiger partial charge on any atom is 0.223 e. The smallest absolute Gasteiger partial charge is 0.223 e. The van der Waals surface area contributed by atoms with E-state index >= 15 is 0 Å². The van der Waals surface area contributed by atoms with Crippen LogP contribution in [0.4, 0.5) is 5.69 Å². The average molecular weight is 332 g/mol. The fourth-order valence-corrected chi connectivity index (χ4v) is 1.92. The van der Waals surface area contributed by atoms with Gasteiger partial charge in [-0.1, -0.05) is 40.2 Å². The molecule has 0 heterocycles. The number of aliphatic imine (C=N–C) groups is 2. The Morgan fingerprint density at radius 2 is 1.30 bits per heavy atom. The molecule has 0 saturated heterocycles. The lowest BCUT2D eigenvalue weighted by Crippen LogP contribution is -2.26. The van der Waals surface area contributed by atoms with Crippen LogP contribution in [0.25, 0.3) is 11.1 Å². The van der Waals surface area contributed by atoms with Crippen molar-refractivity contribution in [2.75, 3.05) is 0 Å². The van der Waals surface area contributed by atoms with Crippen molar-refractivity contribution >= 4 is 33.5 Å². The molecule has 0 aliphatic heterocycles. The van der Waals surface area contributed by atoms with Crippen LogP contribution in [-0.4, -0.2) is 11.9 Å². The van der Waals surface area contributed by atoms with Crippen molar-refractivity contribution in [2.45, 2.75) is 0 Å². The summed E-state index contributed by atoms with van der Waals surface area (Å²) >= 11 is 3.41. The number of hydrogen-bond acceptors (Lipinski definition) is 1. The average Bonchev–Trinajstić information content (AvgIpc) is 2.39. The van der Waals surface area contributed by atoms with E-state index in [1.165, 1.54) is 0 Å². The summed E-state index contributed by atoms with van der Waals surface area (Å²) in [6.45, 7) is 0. The second-order valence-electron chi connectivity index (χ2n) is 4.06. The molecular weight excluding hydrogens is 318 g/mol. The fraction of sp³-hybridized carbons (Fsp3) is 0. The van der Waals surface area contributed by atoms with Gasteiger partial charge in [0, 0.05) is 4.47 Å². The second kappa shape index (κ2) is 6.21. The first-order valence-electron chi connectivity index (χ1n) is 5.84. The monoisotopic (exact) mass is 331 g/mol. The fourth-order valence-electron chi connectivity index (χ4n) is 1.66. The van der Waals surface area contributed by atoms with Crippen LogP contribution in [0.1, 0.15) is 0 Å². The van der Waals surface area contributed by atoms with Gasteiger partial charge in [0.05, 0.1) is 5.69 Å². The summed E-state index contributed by atoms with van der Waals surface area (Å²) in [4.78, 5) is 7.75. The van der Waals surface area contributed by atoms with Crippen LogP contribution in [0, 0.1) is 0 Å². The minimum absolute atomic E-state index is 0.0291. The largest absolute Gasteiger partial charge is 0.370 e. The Morgan fingerprint density at radius 3 is 1.80 bits per heavy atom. The molecule has 2 aromatic rings. The highest BCUT2D eigenvalue weighted by Crippen LogP contribution is 2.24. The van der Waals surface area contributed by atoms with Crippen LogP contribution < -0.4 is 17.2 Å². The molecule has 20 heavy (non-hydrogen) atoms. The predicted molar refractivity (Wildman–Crippen MR) is 86.7 cm³/mol. The third kappa shape index (κ3) is 3.83. The quantitative estimate of drug-likeness (QED) is 0.581. The molecule has 0 spiro atoms. The SMILES string of the molecule is NC(N)=NC(N)=Nc1ccc(-c2ccc(Br)cc2)cc1. The molecule has 6 heteroatoms. The molecule has 0 saturated carbocycles. The molecule has 6 N–H and O–H groups in total. The molecule has 0 amide bonds. The van der Waals surface area contributed by atoms with Gasteiger partial charge in [0.15, 0.2) is 5.96 Å². The van der Waals surface area contributed by atoms with Gasteiger partial charge >= 0.3 is 0 Å². The van der Waals surface area contributed by atoms with Gasteiger partial charge in [0.1, 0.15) is 0 Å². The Hall–Kier alpha value is -2.34. The summed E-state index contributed by atoms with van der Waals surface area (Å²) in [6.07, 6.45) is 0. The van der Waals surface area contributed by atoms with Crippen molar-refractivity contribution in [1.29, 1.82) is 0 Å². The molecule has 5 nitrogen and oxygen atoms in total. The van der Waals surface area contributed by atoms with Gasteiger partial charge in [-0.2, -0.15) is 4.99 Å². The number of nitrogens with zero attached hydrogens (tertiary/aromatic N) is 2. The van der Waals surface area contributed by atoms with Crippen molar-refractivity contribution in [3.8, 4) is 11.1 Å². The molecule has 0 bridgehead atoms. The Labute approximate surface area is 125 Å². The van der Waals surface area contributed by atoms with Crippen LogP contribution in [0.5, 0.6) is 0 Å². The van der Waals surface area contributed by atoms with Crippen LogP contribution in [-0.2, 0) is 0 Å². The first kappa shape index (κ1) is 14.1. The Bertz CT molecular complexity index is 640. The molecule has 0 aliphatic carbocycles. The summed E-state index contributed by atoms with van der Waals surface area (Å²) in [6, 6.07) is 15.7. The molecule has 0 radical (unpaired) electrons. The summed E-state index contributed by atoms with van der Waals surface area (Å²) in [7, 11) is 0. The molecule has 2 rings (SSSR count). The van der Waals surface area contributed by atoms with E-state index in [0.29, 0.717) is 5.69 Å². The van der Waals surface area contributed by atoms with E-state index in [1.54, 1.807) is 0 Å². The molecule has 0 fully saturated rings. The number of guanidine groups is 2. The highest BCUT2D eigenvalue weighted by Gasteiger charge is 1.98. The Kier molecular flexibility index (Phi) is 4.37. The van der Waals surface area contributed by atoms with Gasteiger partial charge in [-0.05, 0) is 35.4 Å². The van der Waals surface area contributed by atoms with E-state index in [4.69, 9.17) is 17.2 Å². The van der Waals surface area contributed by atoms with Gasteiger partial charge in [-0.3, -0.25) is 0 Å². The van der Waals surface area contributed by atoms with Gasteiger partial charge in [0.2, 0.25) is 5.96 Å². The molecule has 0 aromatic heterocycles. The van der Waals surface area contributed by atoms with Crippen LogP contribution in [0.2, 0.25) is 0 Å². The number of halogens is 1. The van der Waals surface area contributed by atoms with Crippen molar-refractivity contribution in [1.82, 2.24) is 0 Å². The van der Waals surface area contributed by atoms with E-state index in [-0.39, 0.29) is 11.9 Å². The minimum Gasteiger partial charge on any atom is -0.370 e. The third-order valence-electron chi connectivity index (χ3n) is 2.53. The molecule has 0 atom stereocenters. The molecule has 0 aliphatic rings. The summed E-state index contributed by atoms with van der Waals surface area (Å²) in [5.74, 6) is -0.0841. The van der Waals surface area contributed by atoms with E-state index < -0.39 is 0 Å². The maximum atomic E-state index is 5.57. The van der Waals surface area contributed by atoms with E-state index in [9.17, 15) is 0 Å². The Balaban J connectivity index is 2.22. The normalized spacial score (nSPS) is 11.2. The zero-order valence-electron chi connectivity index (χ0n) is 10.6. The molecule has 0 unspecified atom stereocenters. The van der Waals surface area contributed by atoms with E-state index in [2.05, 4.69) is 25.9 Å². The van der Waals surface area contributed by atoms with Crippen LogP contribution in [0.3, 0.4) is 0 Å². The first-order valence-corrected chi connectivity index (χ1v) is 6.64. The van der Waals surface area contributed by atoms with E-state index in [0.717, 1.165) is 15.6 Å². The lowest BCUT2D eigenvalue weighted by molar-refractivity contribution is 1.38. The van der Waals surface area contributed by atoms with Gasteiger partial charge in [-0.15, -0.1) is 0 Å². The van der Waals surface area contributed by atoms with Crippen molar-refractivity contribution in [2.24, 2.45) is 27.2 Å². The lowest BCUT2D eigenvalue weighted by atomic mass is 10.1. The second-order valence-corrected chi connectivity index (χ2v) is 4.98. The highest BCUT2D eigenvalue weighted by atomic mass is 79.9.